The summed E-state index contributed by atoms with van der Waals surface area (Å²) in [7, 11) is 3.40. The van der Waals surface area contributed by atoms with E-state index in [-0.39, 0.29) is 5.69 Å². The lowest BCUT2D eigenvalue weighted by Crippen LogP contribution is -2.13. The summed E-state index contributed by atoms with van der Waals surface area (Å²) in [5, 5.41) is 17.9. The third-order valence-corrected chi connectivity index (χ3v) is 1.16. The summed E-state index contributed by atoms with van der Waals surface area (Å²) in [6, 6.07) is 0. The molecule has 1 heterocycles. The molecule has 0 fully saturated rings. The largest absolute Gasteiger partial charge is 0.476 e. The molecule has 0 aliphatic carbocycles. The van der Waals surface area contributed by atoms with Gasteiger partial charge in [0.05, 0.1) is 0 Å². The minimum Gasteiger partial charge on any atom is -0.476 e. The summed E-state index contributed by atoms with van der Waals surface area (Å²) in [4.78, 5) is 12.0. The van der Waals surface area contributed by atoms with Gasteiger partial charge in [-0.1, -0.05) is 0 Å². The molecule has 60 valence electrons. The van der Waals surface area contributed by atoms with Gasteiger partial charge in [0.25, 0.3) is 0 Å². The lowest BCUT2D eigenvalue weighted by molar-refractivity contribution is 0.0691. The Kier molecular flexibility index (Phi) is 1.75. The fourth-order valence-electron chi connectivity index (χ4n) is 0.681. The second-order valence-electron chi connectivity index (χ2n) is 2.20. The number of carboxylic acids is 1. The van der Waals surface area contributed by atoms with Crippen molar-refractivity contribution in [3.63, 3.8) is 0 Å². The quantitative estimate of drug-likeness (QED) is 0.607. The SMILES string of the molecule is CN(C)c1n[nH]nc1C(=O)O. The van der Waals surface area contributed by atoms with Gasteiger partial charge in [0.15, 0.2) is 5.82 Å². The van der Waals surface area contributed by atoms with Gasteiger partial charge in [0, 0.05) is 14.1 Å². The van der Waals surface area contributed by atoms with Crippen LogP contribution in [0.25, 0.3) is 0 Å². The molecule has 11 heavy (non-hydrogen) atoms. The van der Waals surface area contributed by atoms with E-state index in [1.807, 2.05) is 0 Å². The first-order valence-corrected chi connectivity index (χ1v) is 2.94. The molecule has 0 saturated carbocycles. The summed E-state index contributed by atoms with van der Waals surface area (Å²) >= 11 is 0. The highest BCUT2D eigenvalue weighted by Gasteiger charge is 2.15. The van der Waals surface area contributed by atoms with E-state index in [1.165, 1.54) is 0 Å². The minimum absolute atomic E-state index is 0.0602. The Hall–Kier alpha value is -1.59. The summed E-state index contributed by atoms with van der Waals surface area (Å²) in [6.45, 7) is 0. The monoisotopic (exact) mass is 156 g/mol. The molecular weight excluding hydrogens is 148 g/mol. The fraction of sp³-hybridized carbons (Fsp3) is 0.400. The number of anilines is 1. The normalized spacial score (nSPS) is 9.64. The number of nitrogens with one attached hydrogen (secondary N) is 1. The number of H-pyrrole nitrogens is 1. The highest BCUT2D eigenvalue weighted by Crippen LogP contribution is 2.09. The predicted molar refractivity (Wildman–Crippen MR) is 37.7 cm³/mol. The maximum atomic E-state index is 10.4. The van der Waals surface area contributed by atoms with E-state index < -0.39 is 5.97 Å². The zero-order valence-electron chi connectivity index (χ0n) is 6.20. The van der Waals surface area contributed by atoms with Crippen molar-refractivity contribution < 1.29 is 9.90 Å². The van der Waals surface area contributed by atoms with Crippen molar-refractivity contribution in [1.29, 1.82) is 0 Å². The molecule has 2 N–H and O–H groups in total. The minimum atomic E-state index is -1.08. The highest BCUT2D eigenvalue weighted by molar-refractivity contribution is 5.90. The Morgan fingerprint density at radius 2 is 2.18 bits per heavy atom. The van der Waals surface area contributed by atoms with Gasteiger partial charge < -0.3 is 10.0 Å². The molecule has 0 unspecified atom stereocenters. The third-order valence-electron chi connectivity index (χ3n) is 1.16. The van der Waals surface area contributed by atoms with E-state index in [0.29, 0.717) is 5.82 Å². The summed E-state index contributed by atoms with van der Waals surface area (Å²) in [5.41, 5.74) is -0.0602. The molecule has 0 atom stereocenters. The molecule has 1 aromatic rings. The van der Waals surface area contributed by atoms with E-state index in [4.69, 9.17) is 5.11 Å². The van der Waals surface area contributed by atoms with E-state index in [0.717, 1.165) is 0 Å². The van der Waals surface area contributed by atoms with Gasteiger partial charge in [-0.25, -0.2) is 4.79 Å². The van der Waals surface area contributed by atoms with E-state index in [2.05, 4.69) is 15.4 Å². The third kappa shape index (κ3) is 1.28. The van der Waals surface area contributed by atoms with Gasteiger partial charge in [-0.05, 0) is 0 Å². The Balaban J connectivity index is 3.06. The van der Waals surface area contributed by atoms with Crippen LogP contribution >= 0.6 is 0 Å². The van der Waals surface area contributed by atoms with Crippen molar-refractivity contribution in [3.8, 4) is 0 Å². The first kappa shape index (κ1) is 7.52. The predicted octanol–water partition coefficient (Wildman–Crippen LogP) is -0.431. The van der Waals surface area contributed by atoms with E-state index in [9.17, 15) is 4.79 Å². The molecule has 1 rings (SSSR count). The molecular formula is C5H8N4O2. The number of rotatable bonds is 2. The number of carbonyl (C=O) groups is 1. The number of aromatic amines is 1. The van der Waals surface area contributed by atoms with Crippen LogP contribution in [0, 0.1) is 0 Å². The molecule has 0 bridgehead atoms. The Labute approximate surface area is 62.8 Å². The van der Waals surface area contributed by atoms with Gasteiger partial charge >= 0.3 is 5.97 Å². The average Bonchev–Trinajstić information content (AvgIpc) is 2.32. The van der Waals surface area contributed by atoms with Crippen molar-refractivity contribution in [2.75, 3.05) is 19.0 Å². The average molecular weight is 156 g/mol. The van der Waals surface area contributed by atoms with E-state index in [1.54, 1.807) is 19.0 Å². The first-order valence-electron chi connectivity index (χ1n) is 2.94. The van der Waals surface area contributed by atoms with Gasteiger partial charge in [-0.15, -0.1) is 10.2 Å². The molecule has 0 aliphatic heterocycles. The van der Waals surface area contributed by atoms with Crippen LogP contribution in [0.1, 0.15) is 10.5 Å². The van der Waals surface area contributed by atoms with Gasteiger partial charge in [-0.3, -0.25) is 0 Å². The van der Waals surface area contributed by atoms with Crippen molar-refractivity contribution in [1.82, 2.24) is 15.4 Å². The summed E-state index contributed by atoms with van der Waals surface area (Å²) in [5.74, 6) is -0.750. The molecule has 0 radical (unpaired) electrons. The van der Waals surface area contributed by atoms with Crippen LogP contribution in [-0.4, -0.2) is 40.6 Å². The molecule has 0 amide bonds. The Morgan fingerprint density at radius 1 is 1.55 bits per heavy atom. The molecule has 1 aromatic heterocycles. The smallest absolute Gasteiger partial charge is 0.360 e. The number of carboxylic acid groups (broad SMARTS) is 1. The zero-order valence-corrected chi connectivity index (χ0v) is 6.20. The molecule has 6 nitrogen and oxygen atoms in total. The number of nitrogens with zero attached hydrogens (tertiary/aromatic N) is 3. The number of hydrogen-bond acceptors (Lipinski definition) is 4. The molecule has 6 heteroatoms. The van der Waals surface area contributed by atoms with Gasteiger partial charge in [0.2, 0.25) is 5.69 Å². The van der Waals surface area contributed by atoms with Crippen molar-refractivity contribution in [2.45, 2.75) is 0 Å². The maximum Gasteiger partial charge on any atom is 0.360 e. The van der Waals surface area contributed by atoms with Crippen molar-refractivity contribution in [2.24, 2.45) is 0 Å². The first-order chi connectivity index (χ1) is 5.13. The van der Waals surface area contributed by atoms with Gasteiger partial charge in [-0.2, -0.15) is 5.21 Å². The second kappa shape index (κ2) is 2.57. The van der Waals surface area contributed by atoms with Crippen LogP contribution in [0.2, 0.25) is 0 Å². The van der Waals surface area contributed by atoms with Crippen LogP contribution in [0.3, 0.4) is 0 Å². The summed E-state index contributed by atoms with van der Waals surface area (Å²) in [6.07, 6.45) is 0. The van der Waals surface area contributed by atoms with Gasteiger partial charge in [0.1, 0.15) is 0 Å². The molecule has 0 aromatic carbocycles. The maximum absolute atomic E-state index is 10.4. The summed E-state index contributed by atoms with van der Waals surface area (Å²) < 4.78 is 0. The lowest BCUT2D eigenvalue weighted by atomic mass is 10.4. The van der Waals surface area contributed by atoms with Crippen LogP contribution in [-0.2, 0) is 0 Å². The topological polar surface area (TPSA) is 82.1 Å². The molecule has 0 saturated heterocycles. The number of aromatic nitrogens is 3. The van der Waals surface area contributed by atoms with Crippen molar-refractivity contribution in [3.05, 3.63) is 5.69 Å². The molecule has 0 aliphatic rings. The fourth-order valence-corrected chi connectivity index (χ4v) is 0.681. The van der Waals surface area contributed by atoms with Crippen LogP contribution in [0.15, 0.2) is 0 Å². The highest BCUT2D eigenvalue weighted by atomic mass is 16.4. The van der Waals surface area contributed by atoms with Crippen LogP contribution < -0.4 is 4.90 Å². The lowest BCUT2D eigenvalue weighted by Gasteiger charge is -2.06. The number of aromatic carboxylic acids is 1. The van der Waals surface area contributed by atoms with Crippen LogP contribution in [0.5, 0.6) is 0 Å². The second-order valence-corrected chi connectivity index (χ2v) is 2.20. The Morgan fingerprint density at radius 3 is 2.55 bits per heavy atom. The zero-order chi connectivity index (χ0) is 8.43. The Bertz CT molecular complexity index is 267. The van der Waals surface area contributed by atoms with Crippen LogP contribution in [0.4, 0.5) is 5.82 Å². The van der Waals surface area contributed by atoms with Crippen molar-refractivity contribution >= 4 is 11.8 Å². The molecule has 0 spiro atoms. The standard InChI is InChI=1S/C5H8N4O2/c1-9(2)4-3(5(10)11)6-8-7-4/h1-2H3,(H,10,11)(H,6,7,8). The van der Waals surface area contributed by atoms with E-state index >= 15 is 0 Å². The number of hydrogen-bond donors (Lipinski definition) is 2.